The third-order valence-electron chi connectivity index (χ3n) is 5.66. The molecule has 2 amide bonds. The largest absolute Gasteiger partial charge is 0.481 e. The Labute approximate surface area is 208 Å². The number of aliphatic carboxylic acids is 1. The molecular formula is C19H22N8O4S3. The lowest BCUT2D eigenvalue weighted by atomic mass is 9.89. The van der Waals surface area contributed by atoms with E-state index in [1.807, 2.05) is 6.07 Å². The van der Waals surface area contributed by atoms with Crippen LogP contribution in [0.15, 0.2) is 29.7 Å². The molecule has 2 unspecified atom stereocenters. The Morgan fingerprint density at radius 2 is 2.26 bits per heavy atom. The highest BCUT2D eigenvalue weighted by atomic mass is 32.2. The summed E-state index contributed by atoms with van der Waals surface area (Å²) in [5, 5.41) is 21.6. The zero-order valence-electron chi connectivity index (χ0n) is 18.1. The van der Waals surface area contributed by atoms with Gasteiger partial charge in [0.05, 0.1) is 23.4 Å². The minimum atomic E-state index is -1.18. The SMILES string of the molecule is CC(=S)N(c1cccnc1)C1C(=O)N2CC(CSc3nnnn3CCC(N)=O)(C(=O)O)CS[C@H]12. The monoisotopic (exact) mass is 522 g/mol. The molecule has 12 nitrogen and oxygen atoms in total. The molecule has 0 aliphatic carbocycles. The summed E-state index contributed by atoms with van der Waals surface area (Å²) in [6, 6.07) is 3.11. The van der Waals surface area contributed by atoms with Crippen LogP contribution in [0.25, 0.3) is 0 Å². The Morgan fingerprint density at radius 1 is 1.47 bits per heavy atom. The molecule has 4 heterocycles. The molecule has 4 rings (SSSR count). The number of carbonyl (C=O) groups is 3. The molecule has 2 aromatic heterocycles. The standard InChI is InChI=1S/C19H22N8O4S3/c1-11(32)27(12-3-2-5-21-7-12)14-15(29)25-8-19(17(30)31,9-33-16(14)25)10-34-18-22-23-24-26(18)6-4-13(20)28/h2-3,5,7,14,16H,4,6,8-10H2,1H3,(H2,20,28)(H,30,31)/t14?,16-,19?/m1/s1. The van der Waals surface area contributed by atoms with Crippen molar-refractivity contribution in [3.63, 3.8) is 0 Å². The maximum absolute atomic E-state index is 13.2. The normalized spacial score (nSPS) is 23.7. The molecule has 0 bridgehead atoms. The van der Waals surface area contributed by atoms with E-state index >= 15 is 0 Å². The van der Waals surface area contributed by atoms with Crippen LogP contribution in [-0.2, 0) is 20.9 Å². The van der Waals surface area contributed by atoms with Gasteiger partial charge >= 0.3 is 5.97 Å². The summed E-state index contributed by atoms with van der Waals surface area (Å²) in [5.41, 5.74) is 4.73. The van der Waals surface area contributed by atoms with Gasteiger partial charge in [0.2, 0.25) is 17.0 Å². The third kappa shape index (κ3) is 4.59. The fraction of sp³-hybridized carbons (Fsp3) is 0.474. The van der Waals surface area contributed by atoms with Crippen LogP contribution in [0.4, 0.5) is 5.69 Å². The summed E-state index contributed by atoms with van der Waals surface area (Å²) in [6.07, 6.45) is 3.37. The molecule has 0 radical (unpaired) electrons. The van der Waals surface area contributed by atoms with Crippen molar-refractivity contribution >= 4 is 64.2 Å². The van der Waals surface area contributed by atoms with E-state index in [4.69, 9.17) is 18.0 Å². The number of carbonyl (C=O) groups excluding carboxylic acids is 2. The van der Waals surface area contributed by atoms with Crippen molar-refractivity contribution in [3.8, 4) is 0 Å². The number of rotatable bonds is 9. The highest BCUT2D eigenvalue weighted by Crippen LogP contribution is 2.46. The van der Waals surface area contributed by atoms with Crippen LogP contribution in [0.5, 0.6) is 0 Å². The maximum Gasteiger partial charge on any atom is 0.313 e. The van der Waals surface area contributed by atoms with Gasteiger partial charge in [-0.25, -0.2) is 4.68 Å². The molecule has 0 saturated carbocycles. The molecule has 34 heavy (non-hydrogen) atoms. The van der Waals surface area contributed by atoms with Gasteiger partial charge in [0.1, 0.15) is 16.8 Å². The number of nitrogens with two attached hydrogens (primary N) is 1. The number of carboxylic acids is 1. The lowest BCUT2D eigenvalue weighted by Crippen LogP contribution is -2.74. The second kappa shape index (κ2) is 9.84. The summed E-state index contributed by atoms with van der Waals surface area (Å²) >= 11 is 8.02. The Bertz CT molecular complexity index is 1120. The second-order valence-corrected chi connectivity index (χ2v) is 10.6. The number of primary amides is 1. The summed E-state index contributed by atoms with van der Waals surface area (Å²) in [7, 11) is 0. The number of amides is 2. The van der Waals surface area contributed by atoms with Crippen molar-refractivity contribution in [3.05, 3.63) is 24.5 Å². The van der Waals surface area contributed by atoms with Crippen molar-refractivity contribution in [2.45, 2.75) is 36.5 Å². The van der Waals surface area contributed by atoms with E-state index in [0.717, 1.165) is 5.69 Å². The zero-order valence-corrected chi connectivity index (χ0v) is 20.6. The summed E-state index contributed by atoms with van der Waals surface area (Å²) in [4.78, 5) is 44.6. The van der Waals surface area contributed by atoms with Crippen molar-refractivity contribution in [2.75, 3.05) is 23.0 Å². The molecule has 0 spiro atoms. The first-order chi connectivity index (χ1) is 16.2. The summed E-state index contributed by atoms with van der Waals surface area (Å²) in [5.74, 6) is -1.19. The van der Waals surface area contributed by atoms with Crippen LogP contribution in [0, 0.1) is 5.41 Å². The molecule has 180 valence electrons. The number of β-lactam (4-membered cyclic amide) rings is 1. The molecule has 2 fully saturated rings. The lowest BCUT2D eigenvalue weighted by molar-refractivity contribution is -0.155. The van der Waals surface area contributed by atoms with Gasteiger partial charge in [-0.3, -0.25) is 19.4 Å². The van der Waals surface area contributed by atoms with Crippen molar-refractivity contribution in [1.29, 1.82) is 0 Å². The minimum absolute atomic E-state index is 0.0661. The first-order valence-electron chi connectivity index (χ1n) is 10.3. The number of carboxylic acid groups (broad SMARTS) is 1. The van der Waals surface area contributed by atoms with Crippen molar-refractivity contribution in [2.24, 2.45) is 11.1 Å². The fourth-order valence-corrected chi connectivity index (χ4v) is 6.91. The average Bonchev–Trinajstić information content (AvgIpc) is 3.27. The van der Waals surface area contributed by atoms with Crippen LogP contribution in [-0.4, -0.2) is 87.4 Å². The number of aromatic nitrogens is 5. The first-order valence-corrected chi connectivity index (χ1v) is 12.7. The second-order valence-electron chi connectivity index (χ2n) is 7.99. The van der Waals surface area contributed by atoms with E-state index in [1.165, 1.54) is 28.2 Å². The van der Waals surface area contributed by atoms with E-state index in [1.54, 1.807) is 35.2 Å². The van der Waals surface area contributed by atoms with E-state index in [2.05, 4.69) is 20.5 Å². The number of nitrogens with zero attached hydrogens (tertiary/aromatic N) is 7. The Kier molecular flexibility index (Phi) is 7.04. The smallest absolute Gasteiger partial charge is 0.313 e. The number of tetrazole rings is 1. The quantitative estimate of drug-likeness (QED) is 0.263. The fourth-order valence-electron chi connectivity index (χ4n) is 3.88. The van der Waals surface area contributed by atoms with Crippen LogP contribution in [0.3, 0.4) is 0 Å². The van der Waals surface area contributed by atoms with E-state index in [0.29, 0.717) is 15.9 Å². The molecule has 2 aliphatic rings. The van der Waals surface area contributed by atoms with Gasteiger partial charge in [-0.15, -0.1) is 16.9 Å². The van der Waals surface area contributed by atoms with Gasteiger partial charge < -0.3 is 20.6 Å². The predicted molar refractivity (Wildman–Crippen MR) is 129 cm³/mol. The maximum atomic E-state index is 13.2. The topological polar surface area (TPSA) is 160 Å². The molecule has 2 aliphatic heterocycles. The van der Waals surface area contributed by atoms with Gasteiger partial charge in [-0.2, -0.15) is 0 Å². The number of pyridine rings is 1. The zero-order chi connectivity index (χ0) is 24.5. The first kappa shape index (κ1) is 24.3. The number of hydrogen-bond acceptors (Lipinski definition) is 10. The molecule has 0 aromatic carbocycles. The number of aryl methyl sites for hydroxylation is 1. The Morgan fingerprint density at radius 3 is 2.91 bits per heavy atom. The van der Waals surface area contributed by atoms with Gasteiger partial charge in [0, 0.05) is 30.7 Å². The van der Waals surface area contributed by atoms with Crippen molar-refractivity contribution < 1.29 is 19.5 Å². The van der Waals surface area contributed by atoms with Crippen molar-refractivity contribution in [1.82, 2.24) is 30.1 Å². The van der Waals surface area contributed by atoms with E-state index in [-0.39, 0.29) is 36.5 Å². The van der Waals surface area contributed by atoms with Gasteiger partial charge in [0.15, 0.2) is 0 Å². The number of anilines is 1. The highest BCUT2D eigenvalue weighted by Gasteiger charge is 2.59. The number of thiocarbonyl (C=S) groups is 1. The van der Waals surface area contributed by atoms with Crippen LogP contribution in [0.2, 0.25) is 0 Å². The molecule has 3 N–H and O–H groups in total. The van der Waals surface area contributed by atoms with Gasteiger partial charge in [-0.1, -0.05) is 24.0 Å². The predicted octanol–water partition coefficient (Wildman–Crippen LogP) is 0.244. The van der Waals surface area contributed by atoms with Crippen LogP contribution < -0.4 is 10.6 Å². The summed E-state index contributed by atoms with van der Waals surface area (Å²) < 4.78 is 1.42. The van der Waals surface area contributed by atoms with Crippen LogP contribution >= 0.6 is 35.7 Å². The number of thioether (sulfide) groups is 2. The minimum Gasteiger partial charge on any atom is -0.481 e. The van der Waals surface area contributed by atoms with E-state index < -0.39 is 23.3 Å². The Hall–Kier alpha value is -2.78. The molecule has 15 heteroatoms. The van der Waals surface area contributed by atoms with Crippen LogP contribution in [0.1, 0.15) is 13.3 Å². The molecule has 2 saturated heterocycles. The average molecular weight is 523 g/mol. The molecule has 3 atom stereocenters. The Balaban J connectivity index is 1.47. The lowest BCUT2D eigenvalue weighted by Gasteiger charge is -2.56. The summed E-state index contributed by atoms with van der Waals surface area (Å²) in [6.45, 7) is 2.03. The molecule has 2 aromatic rings. The van der Waals surface area contributed by atoms with Gasteiger partial charge in [-0.05, 0) is 29.5 Å². The molecular weight excluding hydrogens is 500 g/mol. The van der Waals surface area contributed by atoms with Gasteiger partial charge in [0.25, 0.3) is 0 Å². The number of hydrogen-bond donors (Lipinski definition) is 2. The van der Waals surface area contributed by atoms with E-state index in [9.17, 15) is 19.5 Å². The highest BCUT2D eigenvalue weighted by molar-refractivity contribution is 8.00. The number of fused-ring (bicyclic) bond motifs is 1. The third-order valence-corrected chi connectivity index (χ3v) is 8.68.